The van der Waals surface area contributed by atoms with Gasteiger partial charge in [-0.25, -0.2) is 4.39 Å². The van der Waals surface area contributed by atoms with Crippen LogP contribution < -0.4 is 5.32 Å². The standard InChI is InChI=1S/C19H18FN3O2/c1-2-13-3-9-16(10-4-13)21-17(24)11-12-18-22-19(23-25-18)14-5-7-15(20)8-6-14/h3-10H,2,11-12H2,1H3,(H,21,24). The van der Waals surface area contributed by atoms with Crippen molar-refractivity contribution in [2.45, 2.75) is 26.2 Å². The van der Waals surface area contributed by atoms with E-state index in [2.05, 4.69) is 22.4 Å². The molecule has 0 bridgehead atoms. The lowest BCUT2D eigenvalue weighted by molar-refractivity contribution is -0.116. The molecule has 0 aliphatic rings. The molecule has 1 aromatic heterocycles. The van der Waals surface area contributed by atoms with Gasteiger partial charge in [0.25, 0.3) is 0 Å². The maximum Gasteiger partial charge on any atom is 0.227 e. The Labute approximate surface area is 144 Å². The third-order valence-corrected chi connectivity index (χ3v) is 3.78. The van der Waals surface area contributed by atoms with Crippen LogP contribution in [0.15, 0.2) is 53.1 Å². The van der Waals surface area contributed by atoms with Gasteiger partial charge >= 0.3 is 0 Å². The molecule has 0 atom stereocenters. The molecule has 0 radical (unpaired) electrons. The highest BCUT2D eigenvalue weighted by molar-refractivity contribution is 5.90. The van der Waals surface area contributed by atoms with Gasteiger partial charge in [0.2, 0.25) is 17.6 Å². The van der Waals surface area contributed by atoms with E-state index in [1.165, 1.54) is 17.7 Å². The minimum absolute atomic E-state index is 0.120. The summed E-state index contributed by atoms with van der Waals surface area (Å²) in [4.78, 5) is 16.2. The monoisotopic (exact) mass is 339 g/mol. The molecule has 128 valence electrons. The number of rotatable bonds is 6. The number of hydrogen-bond acceptors (Lipinski definition) is 4. The van der Waals surface area contributed by atoms with Gasteiger partial charge < -0.3 is 9.84 Å². The van der Waals surface area contributed by atoms with Crippen molar-refractivity contribution in [1.82, 2.24) is 10.1 Å². The lowest BCUT2D eigenvalue weighted by atomic mass is 10.1. The molecule has 0 aliphatic heterocycles. The van der Waals surface area contributed by atoms with Crippen LogP contribution in [0, 0.1) is 5.82 Å². The third-order valence-electron chi connectivity index (χ3n) is 3.78. The summed E-state index contributed by atoms with van der Waals surface area (Å²) in [6, 6.07) is 13.6. The van der Waals surface area contributed by atoms with Crippen LogP contribution in [-0.2, 0) is 17.6 Å². The molecule has 1 amide bonds. The second-order valence-electron chi connectivity index (χ2n) is 5.62. The van der Waals surface area contributed by atoms with Crippen molar-refractivity contribution in [1.29, 1.82) is 0 Å². The quantitative estimate of drug-likeness (QED) is 0.737. The average molecular weight is 339 g/mol. The largest absolute Gasteiger partial charge is 0.339 e. The molecule has 1 N–H and O–H groups in total. The summed E-state index contributed by atoms with van der Waals surface area (Å²) < 4.78 is 18.1. The third kappa shape index (κ3) is 4.50. The summed E-state index contributed by atoms with van der Waals surface area (Å²) in [6.07, 6.45) is 1.54. The SMILES string of the molecule is CCc1ccc(NC(=O)CCc2nc(-c3ccc(F)cc3)no2)cc1. The predicted molar refractivity (Wildman–Crippen MR) is 92.5 cm³/mol. The smallest absolute Gasteiger partial charge is 0.227 e. The fraction of sp³-hybridized carbons (Fsp3) is 0.211. The number of amides is 1. The summed E-state index contributed by atoms with van der Waals surface area (Å²) in [5.41, 5.74) is 2.65. The molecule has 6 heteroatoms. The van der Waals surface area contributed by atoms with Gasteiger partial charge in [-0.2, -0.15) is 4.98 Å². The van der Waals surface area contributed by atoms with Crippen LogP contribution in [0.1, 0.15) is 24.8 Å². The summed E-state index contributed by atoms with van der Waals surface area (Å²) in [6.45, 7) is 2.08. The van der Waals surface area contributed by atoms with Gasteiger partial charge in [0, 0.05) is 24.1 Å². The van der Waals surface area contributed by atoms with E-state index in [9.17, 15) is 9.18 Å². The highest BCUT2D eigenvalue weighted by Gasteiger charge is 2.11. The molecule has 25 heavy (non-hydrogen) atoms. The van der Waals surface area contributed by atoms with E-state index < -0.39 is 0 Å². The Kier molecular flexibility index (Phi) is 5.18. The number of hydrogen-bond donors (Lipinski definition) is 1. The molecule has 5 nitrogen and oxygen atoms in total. The fourth-order valence-electron chi connectivity index (χ4n) is 2.34. The molecule has 0 fully saturated rings. The lowest BCUT2D eigenvalue weighted by Crippen LogP contribution is -2.12. The number of nitrogens with one attached hydrogen (secondary N) is 1. The van der Waals surface area contributed by atoms with Crippen molar-refractivity contribution in [3.05, 3.63) is 65.8 Å². The Morgan fingerprint density at radius 3 is 2.52 bits per heavy atom. The van der Waals surface area contributed by atoms with E-state index in [0.717, 1.165) is 12.1 Å². The van der Waals surface area contributed by atoms with Crippen LogP contribution in [0.3, 0.4) is 0 Å². The number of carbonyl (C=O) groups is 1. The number of aromatic nitrogens is 2. The van der Waals surface area contributed by atoms with Gasteiger partial charge in [-0.1, -0.05) is 24.2 Å². The van der Waals surface area contributed by atoms with Gasteiger partial charge in [0.15, 0.2) is 0 Å². The van der Waals surface area contributed by atoms with Crippen LogP contribution in [0.4, 0.5) is 10.1 Å². The highest BCUT2D eigenvalue weighted by Crippen LogP contribution is 2.17. The zero-order valence-electron chi connectivity index (χ0n) is 13.8. The van der Waals surface area contributed by atoms with Crippen LogP contribution >= 0.6 is 0 Å². The Hall–Kier alpha value is -3.02. The molecule has 2 aromatic carbocycles. The summed E-state index contributed by atoms with van der Waals surface area (Å²) in [5, 5.41) is 6.69. The van der Waals surface area contributed by atoms with E-state index >= 15 is 0 Å². The molecule has 0 unspecified atom stereocenters. The number of halogens is 1. The topological polar surface area (TPSA) is 68.0 Å². The first-order valence-electron chi connectivity index (χ1n) is 8.11. The van der Waals surface area contributed by atoms with E-state index in [1.807, 2.05) is 24.3 Å². The molecule has 0 saturated carbocycles. The van der Waals surface area contributed by atoms with Gasteiger partial charge in [-0.05, 0) is 48.4 Å². The molecular formula is C19H18FN3O2. The molecule has 0 spiro atoms. The first kappa shape index (κ1) is 16.8. The second-order valence-corrected chi connectivity index (χ2v) is 5.62. The fourth-order valence-corrected chi connectivity index (χ4v) is 2.34. The minimum atomic E-state index is -0.323. The van der Waals surface area contributed by atoms with Crippen LogP contribution in [0.25, 0.3) is 11.4 Å². The Bertz CT molecular complexity index is 842. The zero-order chi connectivity index (χ0) is 17.6. The van der Waals surface area contributed by atoms with Crippen LogP contribution in [0.5, 0.6) is 0 Å². The Morgan fingerprint density at radius 2 is 1.84 bits per heavy atom. The van der Waals surface area contributed by atoms with Gasteiger partial charge in [0.05, 0.1) is 0 Å². The molecule has 3 aromatic rings. The number of aryl methyl sites for hydroxylation is 2. The maximum absolute atomic E-state index is 12.9. The van der Waals surface area contributed by atoms with Crippen LogP contribution in [0.2, 0.25) is 0 Å². The molecule has 0 saturated heterocycles. The van der Waals surface area contributed by atoms with E-state index in [1.54, 1.807) is 12.1 Å². The number of carbonyl (C=O) groups excluding carboxylic acids is 1. The Morgan fingerprint density at radius 1 is 1.12 bits per heavy atom. The van der Waals surface area contributed by atoms with E-state index in [4.69, 9.17) is 4.52 Å². The molecular weight excluding hydrogens is 321 g/mol. The predicted octanol–water partition coefficient (Wildman–Crippen LogP) is 4.01. The second kappa shape index (κ2) is 7.70. The highest BCUT2D eigenvalue weighted by atomic mass is 19.1. The summed E-state index contributed by atoms with van der Waals surface area (Å²) in [5.74, 6) is 0.309. The average Bonchev–Trinajstić information content (AvgIpc) is 3.10. The zero-order valence-corrected chi connectivity index (χ0v) is 13.8. The van der Waals surface area contributed by atoms with Crippen molar-refractivity contribution in [3.63, 3.8) is 0 Å². The Balaban J connectivity index is 1.54. The van der Waals surface area contributed by atoms with Crippen molar-refractivity contribution < 1.29 is 13.7 Å². The normalized spacial score (nSPS) is 10.6. The lowest BCUT2D eigenvalue weighted by Gasteiger charge is -2.05. The van der Waals surface area contributed by atoms with Gasteiger partial charge in [-0.15, -0.1) is 0 Å². The number of anilines is 1. The minimum Gasteiger partial charge on any atom is -0.339 e. The molecule has 0 aliphatic carbocycles. The number of nitrogens with zero attached hydrogens (tertiary/aromatic N) is 2. The van der Waals surface area contributed by atoms with Crippen molar-refractivity contribution in [2.24, 2.45) is 0 Å². The van der Waals surface area contributed by atoms with E-state index in [-0.39, 0.29) is 18.1 Å². The molecule has 1 heterocycles. The van der Waals surface area contributed by atoms with Crippen molar-refractivity contribution in [2.75, 3.05) is 5.32 Å². The van der Waals surface area contributed by atoms with Crippen molar-refractivity contribution in [3.8, 4) is 11.4 Å². The molecule has 3 rings (SSSR count). The van der Waals surface area contributed by atoms with Crippen molar-refractivity contribution >= 4 is 11.6 Å². The van der Waals surface area contributed by atoms with Crippen LogP contribution in [-0.4, -0.2) is 16.0 Å². The summed E-state index contributed by atoms with van der Waals surface area (Å²) in [7, 11) is 0. The van der Waals surface area contributed by atoms with E-state index in [0.29, 0.717) is 23.7 Å². The maximum atomic E-state index is 12.9. The first-order chi connectivity index (χ1) is 12.1. The first-order valence-corrected chi connectivity index (χ1v) is 8.11. The summed E-state index contributed by atoms with van der Waals surface area (Å²) >= 11 is 0. The van der Waals surface area contributed by atoms with Gasteiger partial charge in [0.1, 0.15) is 5.82 Å². The van der Waals surface area contributed by atoms with Gasteiger partial charge in [-0.3, -0.25) is 4.79 Å². The number of benzene rings is 2.